The van der Waals surface area contributed by atoms with Gasteiger partial charge < -0.3 is 9.08 Å². The number of alkyl halides is 3. The summed E-state index contributed by atoms with van der Waals surface area (Å²) in [6.45, 7) is 6.89. The van der Waals surface area contributed by atoms with E-state index in [1.165, 1.54) is 6.08 Å². The van der Waals surface area contributed by atoms with E-state index in [0.29, 0.717) is 12.8 Å². The van der Waals surface area contributed by atoms with Gasteiger partial charge >= 0.3 is 15.6 Å². The van der Waals surface area contributed by atoms with Crippen LogP contribution in [0, 0.1) is 28.6 Å². The van der Waals surface area contributed by atoms with Crippen molar-refractivity contribution in [3.05, 3.63) is 35.1 Å². The van der Waals surface area contributed by atoms with Gasteiger partial charge in [-0.05, 0) is 88.6 Å². The molecule has 9 heteroatoms. The highest BCUT2D eigenvalue weighted by Crippen LogP contribution is 2.64. The first-order valence-electron chi connectivity index (χ1n) is 10.9. The molecule has 0 amide bonds. The van der Waals surface area contributed by atoms with Gasteiger partial charge in [-0.25, -0.2) is 0 Å². The van der Waals surface area contributed by atoms with Crippen LogP contribution in [0.4, 0.5) is 13.2 Å². The lowest BCUT2D eigenvalue weighted by molar-refractivity contribution is -0.104. The average molecular weight is 476 g/mol. The van der Waals surface area contributed by atoms with Crippen molar-refractivity contribution in [1.82, 2.24) is 4.90 Å². The van der Waals surface area contributed by atoms with E-state index < -0.39 is 21.0 Å². The molecule has 180 valence electrons. The SMILES string of the molecule is CC1CC2C3=CC=C(OS(=O)(=O)C(F)(F)F)C3(C)CCC2C(C)(CCN(C)C)/C1=C\C=O. The van der Waals surface area contributed by atoms with E-state index in [-0.39, 0.29) is 28.9 Å². The first kappa shape index (κ1) is 25.0. The lowest BCUT2D eigenvalue weighted by atomic mass is 9.48. The molecule has 2 fully saturated rings. The Balaban J connectivity index is 1.95. The van der Waals surface area contributed by atoms with Gasteiger partial charge in [-0.15, -0.1) is 0 Å². The van der Waals surface area contributed by atoms with Gasteiger partial charge in [-0.2, -0.15) is 21.6 Å². The highest BCUT2D eigenvalue weighted by atomic mass is 32.2. The number of fused-ring (bicyclic) bond motifs is 3. The molecule has 0 bridgehead atoms. The largest absolute Gasteiger partial charge is 0.534 e. The molecule has 0 aromatic rings. The molecule has 5 nitrogen and oxygen atoms in total. The Morgan fingerprint density at radius 2 is 1.91 bits per heavy atom. The fourth-order valence-corrected chi connectivity index (χ4v) is 6.75. The molecule has 32 heavy (non-hydrogen) atoms. The van der Waals surface area contributed by atoms with Gasteiger partial charge in [0.15, 0.2) is 0 Å². The molecule has 0 saturated heterocycles. The van der Waals surface area contributed by atoms with Gasteiger partial charge in [0.1, 0.15) is 12.0 Å². The third kappa shape index (κ3) is 4.06. The maximum absolute atomic E-state index is 12.9. The third-order valence-electron chi connectivity index (χ3n) is 7.86. The summed E-state index contributed by atoms with van der Waals surface area (Å²) in [5.74, 6) is 0.252. The zero-order chi connectivity index (χ0) is 24.1. The van der Waals surface area contributed by atoms with Crippen molar-refractivity contribution in [3.8, 4) is 0 Å². The summed E-state index contributed by atoms with van der Waals surface area (Å²) in [5.41, 5.74) is -4.52. The first-order chi connectivity index (χ1) is 14.7. The maximum atomic E-state index is 12.9. The molecule has 0 aromatic carbocycles. The second kappa shape index (κ2) is 8.31. The van der Waals surface area contributed by atoms with E-state index in [0.717, 1.165) is 36.8 Å². The maximum Gasteiger partial charge on any atom is 0.534 e. The van der Waals surface area contributed by atoms with Crippen LogP contribution in [0.1, 0.15) is 46.5 Å². The van der Waals surface area contributed by atoms with Crippen LogP contribution in [0.2, 0.25) is 0 Å². The molecule has 3 rings (SSSR count). The Labute approximate surface area is 188 Å². The minimum absolute atomic E-state index is 0.0747. The molecule has 5 atom stereocenters. The average Bonchev–Trinajstić information content (AvgIpc) is 2.99. The minimum atomic E-state index is -5.72. The Bertz CT molecular complexity index is 966. The van der Waals surface area contributed by atoms with Gasteiger partial charge in [0.25, 0.3) is 0 Å². The number of halogens is 3. The van der Waals surface area contributed by atoms with Crippen LogP contribution < -0.4 is 0 Å². The van der Waals surface area contributed by atoms with Crippen molar-refractivity contribution in [3.63, 3.8) is 0 Å². The first-order valence-corrected chi connectivity index (χ1v) is 12.3. The molecule has 0 radical (unpaired) electrons. The fraction of sp³-hybridized carbons (Fsp3) is 0.696. The highest BCUT2D eigenvalue weighted by molar-refractivity contribution is 7.87. The normalized spacial score (nSPS) is 36.4. The van der Waals surface area contributed by atoms with E-state index in [1.807, 2.05) is 14.1 Å². The molecule has 3 aliphatic carbocycles. The zero-order valence-corrected chi connectivity index (χ0v) is 20.0. The van der Waals surface area contributed by atoms with Gasteiger partial charge in [-0.3, -0.25) is 4.79 Å². The molecule has 0 N–H and O–H groups in total. The van der Waals surface area contributed by atoms with E-state index in [4.69, 9.17) is 0 Å². The Morgan fingerprint density at radius 3 is 2.47 bits per heavy atom. The number of nitrogens with zero attached hydrogens (tertiary/aromatic N) is 1. The zero-order valence-electron chi connectivity index (χ0n) is 19.2. The number of rotatable bonds is 6. The quantitative estimate of drug-likeness (QED) is 0.238. The number of carbonyl (C=O) groups is 1. The number of allylic oxidation sites excluding steroid dienone is 5. The molecule has 0 spiro atoms. The van der Waals surface area contributed by atoms with Gasteiger partial charge in [0.05, 0.1) is 0 Å². The number of hydrogen-bond acceptors (Lipinski definition) is 5. The number of hydrogen-bond donors (Lipinski definition) is 0. The molecular formula is C23H32F3NO4S. The van der Waals surface area contributed by atoms with Crippen LogP contribution in [0.25, 0.3) is 0 Å². The second-order valence-electron chi connectivity index (χ2n) is 10.1. The molecule has 0 aliphatic heterocycles. The molecule has 0 aromatic heterocycles. The van der Waals surface area contributed by atoms with Crippen LogP contribution in [-0.4, -0.2) is 45.8 Å². The standard InChI is InChI=1S/C23H32F3NO4S/c1-15-14-16-18-6-7-20(31-32(29,30)23(24,25)26)22(18,3)10-8-19(16)21(2,11-12-27(4)5)17(15)9-13-28/h6-7,9,13,15-16,19H,8,10-12,14H2,1-5H3/b17-9-. The molecular weight excluding hydrogens is 443 g/mol. The molecule has 5 unspecified atom stereocenters. The summed E-state index contributed by atoms with van der Waals surface area (Å²) in [4.78, 5) is 13.5. The van der Waals surface area contributed by atoms with Crippen molar-refractivity contribution in [2.45, 2.75) is 52.0 Å². The molecule has 3 aliphatic rings. The predicted octanol–water partition coefficient (Wildman–Crippen LogP) is 4.83. The van der Waals surface area contributed by atoms with Gasteiger partial charge in [0, 0.05) is 5.41 Å². The van der Waals surface area contributed by atoms with Gasteiger partial charge in [0.2, 0.25) is 0 Å². The Kier molecular flexibility index (Phi) is 6.50. The summed E-state index contributed by atoms with van der Waals surface area (Å²) < 4.78 is 66.7. The number of carbonyl (C=O) groups excluding carboxylic acids is 1. The van der Waals surface area contributed by atoms with Crippen LogP contribution in [-0.2, 0) is 19.1 Å². The van der Waals surface area contributed by atoms with Crippen molar-refractivity contribution in [1.29, 1.82) is 0 Å². The summed E-state index contributed by atoms with van der Waals surface area (Å²) in [6, 6.07) is 0. The van der Waals surface area contributed by atoms with E-state index >= 15 is 0 Å². The Morgan fingerprint density at radius 1 is 1.25 bits per heavy atom. The van der Waals surface area contributed by atoms with E-state index in [9.17, 15) is 26.4 Å². The van der Waals surface area contributed by atoms with Crippen molar-refractivity contribution < 1.29 is 30.6 Å². The Hall–Kier alpha value is -1.61. The second-order valence-corrected chi connectivity index (χ2v) is 11.6. The molecule has 0 heterocycles. The monoisotopic (exact) mass is 475 g/mol. The lowest BCUT2D eigenvalue weighted by Gasteiger charge is -2.56. The van der Waals surface area contributed by atoms with E-state index in [2.05, 4.69) is 22.9 Å². The van der Waals surface area contributed by atoms with E-state index in [1.54, 1.807) is 19.1 Å². The van der Waals surface area contributed by atoms with Crippen LogP contribution in [0.3, 0.4) is 0 Å². The minimum Gasteiger partial charge on any atom is -0.380 e. The van der Waals surface area contributed by atoms with Crippen LogP contribution in [0.5, 0.6) is 0 Å². The number of aldehydes is 1. The topological polar surface area (TPSA) is 63.7 Å². The molecule has 2 saturated carbocycles. The van der Waals surface area contributed by atoms with Crippen LogP contribution in [0.15, 0.2) is 35.1 Å². The fourth-order valence-electron chi connectivity index (χ4n) is 6.18. The summed E-state index contributed by atoms with van der Waals surface area (Å²) in [5, 5.41) is 0. The third-order valence-corrected chi connectivity index (χ3v) is 8.83. The summed E-state index contributed by atoms with van der Waals surface area (Å²) in [7, 11) is -1.72. The highest BCUT2D eigenvalue weighted by Gasteiger charge is 2.57. The van der Waals surface area contributed by atoms with Crippen molar-refractivity contribution in [2.24, 2.45) is 28.6 Å². The predicted molar refractivity (Wildman–Crippen MR) is 116 cm³/mol. The van der Waals surface area contributed by atoms with Gasteiger partial charge in [-0.1, -0.05) is 31.1 Å². The smallest absolute Gasteiger partial charge is 0.380 e. The van der Waals surface area contributed by atoms with Crippen molar-refractivity contribution >= 4 is 16.4 Å². The summed E-state index contributed by atoms with van der Waals surface area (Å²) >= 11 is 0. The van der Waals surface area contributed by atoms with Crippen LogP contribution >= 0.6 is 0 Å². The van der Waals surface area contributed by atoms with Crippen molar-refractivity contribution in [2.75, 3.05) is 20.6 Å². The lowest BCUT2D eigenvalue weighted by Crippen LogP contribution is -2.49. The summed E-state index contributed by atoms with van der Waals surface area (Å²) in [6.07, 6.45) is 8.49.